The molecule has 1 N–H and O–H groups in total. The summed E-state index contributed by atoms with van der Waals surface area (Å²) in [5.74, 6) is 0.522. The van der Waals surface area contributed by atoms with E-state index in [2.05, 4.69) is 41.1 Å². The van der Waals surface area contributed by atoms with Crippen LogP contribution in [0.2, 0.25) is 0 Å². The molecule has 0 radical (unpaired) electrons. The number of aliphatic hydroxyl groups excluding tert-OH is 1. The van der Waals surface area contributed by atoms with Gasteiger partial charge in [-0.2, -0.15) is 0 Å². The van der Waals surface area contributed by atoms with Crippen LogP contribution in [0.4, 0.5) is 0 Å². The summed E-state index contributed by atoms with van der Waals surface area (Å²) in [5.41, 5.74) is 1.32. The van der Waals surface area contributed by atoms with Gasteiger partial charge in [-0.05, 0) is 37.3 Å². The molecule has 78 valence electrons. The first-order valence-electron chi connectivity index (χ1n) is 5.01. The second kappa shape index (κ2) is 5.52. The minimum Gasteiger partial charge on any atom is -0.393 e. The number of aliphatic hydroxyl groups is 1. The maximum absolute atomic E-state index is 9.26. The molecule has 14 heavy (non-hydrogen) atoms. The van der Waals surface area contributed by atoms with Crippen molar-refractivity contribution in [3.05, 3.63) is 34.3 Å². The first-order chi connectivity index (χ1) is 6.59. The van der Waals surface area contributed by atoms with Gasteiger partial charge in [0, 0.05) is 4.47 Å². The molecule has 0 aliphatic rings. The third-order valence-corrected chi connectivity index (χ3v) is 3.04. The highest BCUT2D eigenvalue weighted by molar-refractivity contribution is 9.10. The van der Waals surface area contributed by atoms with Crippen LogP contribution in [0.3, 0.4) is 0 Å². The summed E-state index contributed by atoms with van der Waals surface area (Å²) in [6.45, 7) is 4.02. The van der Waals surface area contributed by atoms with E-state index in [1.54, 1.807) is 0 Å². The molecular weight excluding hydrogens is 240 g/mol. The van der Waals surface area contributed by atoms with E-state index >= 15 is 0 Å². The molecule has 2 unspecified atom stereocenters. The van der Waals surface area contributed by atoms with E-state index in [1.165, 1.54) is 5.56 Å². The normalized spacial score (nSPS) is 15.1. The standard InChI is InChI=1S/C12H17BrO/c1-9(7-10(2)14)8-11-5-3-4-6-12(11)13/h3-6,9-10,14H,7-8H2,1-2H3. The van der Waals surface area contributed by atoms with Gasteiger partial charge < -0.3 is 5.11 Å². The van der Waals surface area contributed by atoms with Gasteiger partial charge in [0.15, 0.2) is 0 Å². The second-order valence-electron chi connectivity index (χ2n) is 3.99. The lowest BCUT2D eigenvalue weighted by atomic mass is 9.96. The van der Waals surface area contributed by atoms with Gasteiger partial charge in [-0.1, -0.05) is 41.1 Å². The molecule has 1 rings (SSSR count). The van der Waals surface area contributed by atoms with Crippen molar-refractivity contribution in [2.24, 2.45) is 5.92 Å². The smallest absolute Gasteiger partial charge is 0.0514 e. The van der Waals surface area contributed by atoms with Gasteiger partial charge in [-0.15, -0.1) is 0 Å². The van der Waals surface area contributed by atoms with Crippen molar-refractivity contribution in [3.63, 3.8) is 0 Å². The summed E-state index contributed by atoms with van der Waals surface area (Å²) in [5, 5.41) is 9.26. The number of hydrogen-bond acceptors (Lipinski definition) is 1. The van der Waals surface area contributed by atoms with Crippen molar-refractivity contribution in [2.45, 2.75) is 32.8 Å². The predicted octanol–water partition coefficient (Wildman–Crippen LogP) is 3.40. The molecule has 2 atom stereocenters. The zero-order valence-electron chi connectivity index (χ0n) is 8.70. The summed E-state index contributed by atoms with van der Waals surface area (Å²) < 4.78 is 1.16. The van der Waals surface area contributed by atoms with Crippen molar-refractivity contribution < 1.29 is 5.11 Å². The third-order valence-electron chi connectivity index (χ3n) is 2.27. The number of rotatable bonds is 4. The van der Waals surface area contributed by atoms with Crippen LogP contribution in [0.15, 0.2) is 28.7 Å². The Kier molecular flexibility index (Phi) is 4.63. The molecule has 0 saturated heterocycles. The summed E-state index contributed by atoms with van der Waals surface area (Å²) in [4.78, 5) is 0. The van der Waals surface area contributed by atoms with E-state index in [1.807, 2.05) is 13.0 Å². The molecule has 0 spiro atoms. The largest absolute Gasteiger partial charge is 0.393 e. The van der Waals surface area contributed by atoms with Crippen LogP contribution < -0.4 is 0 Å². The number of benzene rings is 1. The molecule has 0 bridgehead atoms. The van der Waals surface area contributed by atoms with E-state index in [0.717, 1.165) is 17.3 Å². The Morgan fingerprint density at radius 2 is 1.93 bits per heavy atom. The Balaban J connectivity index is 2.56. The lowest BCUT2D eigenvalue weighted by Gasteiger charge is -2.14. The summed E-state index contributed by atoms with van der Waals surface area (Å²) in [6, 6.07) is 8.26. The van der Waals surface area contributed by atoms with Gasteiger partial charge in [-0.25, -0.2) is 0 Å². The maximum atomic E-state index is 9.26. The first-order valence-corrected chi connectivity index (χ1v) is 5.80. The fourth-order valence-electron chi connectivity index (χ4n) is 1.71. The minimum absolute atomic E-state index is 0.201. The van der Waals surface area contributed by atoms with Crippen molar-refractivity contribution >= 4 is 15.9 Å². The van der Waals surface area contributed by atoms with Crippen molar-refractivity contribution in [2.75, 3.05) is 0 Å². The Bertz CT molecular complexity index is 283. The minimum atomic E-state index is -0.201. The van der Waals surface area contributed by atoms with Crippen molar-refractivity contribution in [1.29, 1.82) is 0 Å². The van der Waals surface area contributed by atoms with Gasteiger partial charge in [-0.3, -0.25) is 0 Å². The summed E-state index contributed by atoms with van der Waals surface area (Å²) >= 11 is 3.53. The maximum Gasteiger partial charge on any atom is 0.0514 e. The highest BCUT2D eigenvalue weighted by Gasteiger charge is 2.08. The Labute approximate surface area is 94.3 Å². The Morgan fingerprint density at radius 3 is 2.50 bits per heavy atom. The average Bonchev–Trinajstić information content (AvgIpc) is 2.07. The van der Waals surface area contributed by atoms with Gasteiger partial charge in [0.2, 0.25) is 0 Å². The van der Waals surface area contributed by atoms with Gasteiger partial charge in [0.25, 0.3) is 0 Å². The highest BCUT2D eigenvalue weighted by atomic mass is 79.9. The molecule has 0 aromatic heterocycles. The van der Waals surface area contributed by atoms with Crippen LogP contribution in [-0.4, -0.2) is 11.2 Å². The zero-order valence-corrected chi connectivity index (χ0v) is 10.3. The van der Waals surface area contributed by atoms with Gasteiger partial charge >= 0.3 is 0 Å². The zero-order chi connectivity index (χ0) is 10.6. The number of halogens is 1. The molecule has 0 saturated carbocycles. The van der Waals surface area contributed by atoms with Crippen LogP contribution in [0.1, 0.15) is 25.8 Å². The first kappa shape index (κ1) is 11.7. The molecule has 1 aromatic rings. The molecule has 1 nitrogen and oxygen atoms in total. The SMILES string of the molecule is CC(O)CC(C)Cc1ccccc1Br. The van der Waals surface area contributed by atoms with Crippen LogP contribution in [-0.2, 0) is 6.42 Å². The fourth-order valence-corrected chi connectivity index (χ4v) is 2.15. The molecule has 2 heteroatoms. The monoisotopic (exact) mass is 256 g/mol. The van der Waals surface area contributed by atoms with Crippen LogP contribution in [0.5, 0.6) is 0 Å². The third kappa shape index (κ3) is 3.81. The quantitative estimate of drug-likeness (QED) is 0.876. The van der Waals surface area contributed by atoms with E-state index in [0.29, 0.717) is 5.92 Å². The molecule has 0 aliphatic heterocycles. The van der Waals surface area contributed by atoms with Crippen molar-refractivity contribution in [3.8, 4) is 0 Å². The Morgan fingerprint density at radius 1 is 1.29 bits per heavy atom. The second-order valence-corrected chi connectivity index (χ2v) is 4.84. The molecule has 0 fully saturated rings. The lowest BCUT2D eigenvalue weighted by Crippen LogP contribution is -2.09. The molecular formula is C12H17BrO. The van der Waals surface area contributed by atoms with Crippen LogP contribution in [0, 0.1) is 5.92 Å². The van der Waals surface area contributed by atoms with E-state index in [-0.39, 0.29) is 6.10 Å². The summed E-state index contributed by atoms with van der Waals surface area (Å²) in [6.07, 6.45) is 1.68. The van der Waals surface area contributed by atoms with Gasteiger partial charge in [0.05, 0.1) is 6.10 Å². The van der Waals surface area contributed by atoms with Crippen molar-refractivity contribution in [1.82, 2.24) is 0 Å². The molecule has 0 amide bonds. The molecule has 1 aromatic carbocycles. The topological polar surface area (TPSA) is 20.2 Å². The molecule has 0 heterocycles. The Hall–Kier alpha value is -0.340. The highest BCUT2D eigenvalue weighted by Crippen LogP contribution is 2.21. The summed E-state index contributed by atoms with van der Waals surface area (Å²) in [7, 11) is 0. The number of hydrogen-bond donors (Lipinski definition) is 1. The lowest BCUT2D eigenvalue weighted by molar-refractivity contribution is 0.164. The van der Waals surface area contributed by atoms with Crippen LogP contribution in [0.25, 0.3) is 0 Å². The molecule has 0 aliphatic carbocycles. The van der Waals surface area contributed by atoms with E-state index in [4.69, 9.17) is 0 Å². The fraction of sp³-hybridized carbons (Fsp3) is 0.500. The van der Waals surface area contributed by atoms with Gasteiger partial charge in [0.1, 0.15) is 0 Å². The van der Waals surface area contributed by atoms with Crippen LogP contribution >= 0.6 is 15.9 Å². The average molecular weight is 257 g/mol. The van der Waals surface area contributed by atoms with E-state index < -0.39 is 0 Å². The van der Waals surface area contributed by atoms with E-state index in [9.17, 15) is 5.11 Å². The predicted molar refractivity (Wildman–Crippen MR) is 63.3 cm³/mol.